The van der Waals surface area contributed by atoms with Crippen LogP contribution in [-0.4, -0.2) is 28.9 Å². The number of nitrogens with zero attached hydrogens (tertiary/aromatic N) is 4. The third-order valence-corrected chi connectivity index (χ3v) is 2.16. The third kappa shape index (κ3) is 4.14. The monoisotopic (exact) mass is 252 g/mol. The van der Waals surface area contributed by atoms with Crippen molar-refractivity contribution in [1.82, 2.24) is 10.3 Å². The van der Waals surface area contributed by atoms with E-state index in [0.717, 1.165) is 6.20 Å². The van der Waals surface area contributed by atoms with E-state index < -0.39 is 10.8 Å². The molecule has 0 saturated carbocycles. The first-order valence-electron chi connectivity index (χ1n) is 5.27. The number of hydrogen-bond acceptors (Lipinski definition) is 4. The molecule has 1 heterocycles. The van der Waals surface area contributed by atoms with Crippen molar-refractivity contribution in [1.29, 1.82) is 0 Å². The minimum atomic E-state index is -0.576. The van der Waals surface area contributed by atoms with Crippen LogP contribution in [0.15, 0.2) is 17.4 Å². The molecule has 1 rings (SSSR count). The Balaban J connectivity index is 2.31. The number of carbonyl (C=O) groups is 1. The standard InChI is InChI=1S/C9H12N6O3/c10-14-13-4-2-1-3-11-9(16)8-5-7(6-12-8)15(17)18/h5-6,12H,1-4H2,(H,11,16). The van der Waals surface area contributed by atoms with Gasteiger partial charge in [-0.25, -0.2) is 0 Å². The van der Waals surface area contributed by atoms with Crippen molar-refractivity contribution in [3.63, 3.8) is 0 Å². The van der Waals surface area contributed by atoms with E-state index in [4.69, 9.17) is 5.53 Å². The van der Waals surface area contributed by atoms with Crippen LogP contribution in [0.5, 0.6) is 0 Å². The van der Waals surface area contributed by atoms with E-state index in [-0.39, 0.29) is 11.4 Å². The van der Waals surface area contributed by atoms with Crippen molar-refractivity contribution in [2.75, 3.05) is 13.1 Å². The maximum Gasteiger partial charge on any atom is 0.287 e. The van der Waals surface area contributed by atoms with Crippen molar-refractivity contribution in [2.45, 2.75) is 12.8 Å². The highest BCUT2D eigenvalue weighted by Gasteiger charge is 2.13. The number of nitro groups is 1. The molecule has 2 N–H and O–H groups in total. The van der Waals surface area contributed by atoms with Crippen molar-refractivity contribution < 1.29 is 9.72 Å². The quantitative estimate of drug-likeness (QED) is 0.191. The molecule has 9 nitrogen and oxygen atoms in total. The van der Waals surface area contributed by atoms with E-state index in [1.165, 1.54) is 6.07 Å². The van der Waals surface area contributed by atoms with Crippen LogP contribution >= 0.6 is 0 Å². The fourth-order valence-electron chi connectivity index (χ4n) is 1.27. The van der Waals surface area contributed by atoms with Gasteiger partial charge in [0.25, 0.3) is 11.6 Å². The van der Waals surface area contributed by atoms with Gasteiger partial charge in [-0.3, -0.25) is 14.9 Å². The first-order chi connectivity index (χ1) is 8.65. The smallest absolute Gasteiger partial charge is 0.287 e. The minimum absolute atomic E-state index is 0.150. The van der Waals surface area contributed by atoms with Crippen LogP contribution in [0.1, 0.15) is 23.3 Å². The molecule has 0 aliphatic carbocycles. The molecule has 0 aliphatic heterocycles. The second kappa shape index (κ2) is 6.92. The van der Waals surface area contributed by atoms with E-state index in [2.05, 4.69) is 20.3 Å². The second-order valence-corrected chi connectivity index (χ2v) is 3.45. The Hall–Kier alpha value is -2.54. The highest BCUT2D eigenvalue weighted by molar-refractivity contribution is 5.93. The van der Waals surface area contributed by atoms with Gasteiger partial charge in [0.1, 0.15) is 5.69 Å². The molecule has 0 aromatic carbocycles. The first kappa shape index (κ1) is 13.5. The van der Waals surface area contributed by atoms with Crippen LogP contribution in [0.3, 0.4) is 0 Å². The highest BCUT2D eigenvalue weighted by atomic mass is 16.6. The Kier molecular flexibility index (Phi) is 5.20. The summed E-state index contributed by atoms with van der Waals surface area (Å²) in [5, 5.41) is 16.4. The zero-order valence-electron chi connectivity index (χ0n) is 9.50. The average Bonchev–Trinajstić information content (AvgIpc) is 2.83. The van der Waals surface area contributed by atoms with E-state index in [9.17, 15) is 14.9 Å². The number of H-pyrrole nitrogens is 1. The molecule has 9 heteroatoms. The maximum absolute atomic E-state index is 11.5. The summed E-state index contributed by atoms with van der Waals surface area (Å²) in [5.41, 5.74) is 8.04. The Morgan fingerprint density at radius 2 is 2.39 bits per heavy atom. The SMILES string of the molecule is [N-]=[N+]=NCCCCNC(=O)c1cc([N+](=O)[O-])c[nH]1. The number of hydrogen-bond donors (Lipinski definition) is 2. The molecule has 0 unspecified atom stereocenters. The van der Waals surface area contributed by atoms with Gasteiger partial charge in [-0.05, 0) is 18.4 Å². The van der Waals surface area contributed by atoms with E-state index in [0.29, 0.717) is 25.9 Å². The summed E-state index contributed by atoms with van der Waals surface area (Å²) in [6, 6.07) is 1.18. The summed E-state index contributed by atoms with van der Waals surface area (Å²) in [6.07, 6.45) is 2.51. The Morgan fingerprint density at radius 1 is 1.61 bits per heavy atom. The fraction of sp³-hybridized carbons (Fsp3) is 0.444. The maximum atomic E-state index is 11.5. The molecular weight excluding hydrogens is 240 g/mol. The number of aromatic nitrogens is 1. The van der Waals surface area contributed by atoms with Gasteiger partial charge in [0.2, 0.25) is 0 Å². The summed E-state index contributed by atoms with van der Waals surface area (Å²) in [7, 11) is 0. The molecular formula is C9H12N6O3. The van der Waals surface area contributed by atoms with Crippen molar-refractivity contribution in [2.24, 2.45) is 5.11 Å². The molecule has 96 valence electrons. The van der Waals surface area contributed by atoms with Crippen LogP contribution in [0.4, 0.5) is 5.69 Å². The molecule has 0 atom stereocenters. The number of amides is 1. The number of unbranched alkanes of at least 4 members (excludes halogenated alkanes) is 1. The molecule has 1 aromatic heterocycles. The normalized spacial score (nSPS) is 9.56. The number of azide groups is 1. The Morgan fingerprint density at radius 3 is 3.00 bits per heavy atom. The van der Waals surface area contributed by atoms with E-state index in [1.807, 2.05) is 0 Å². The van der Waals surface area contributed by atoms with E-state index in [1.54, 1.807) is 0 Å². The molecule has 18 heavy (non-hydrogen) atoms. The van der Waals surface area contributed by atoms with Crippen LogP contribution in [0, 0.1) is 10.1 Å². The zero-order chi connectivity index (χ0) is 13.4. The largest absolute Gasteiger partial charge is 0.351 e. The van der Waals surface area contributed by atoms with Gasteiger partial charge in [-0.2, -0.15) is 0 Å². The van der Waals surface area contributed by atoms with Crippen molar-refractivity contribution in [3.05, 3.63) is 38.5 Å². The number of aromatic amines is 1. The summed E-state index contributed by atoms with van der Waals surface area (Å²) in [5.74, 6) is -0.396. The predicted octanol–water partition coefficient (Wildman–Crippen LogP) is 1.74. The molecule has 0 bridgehead atoms. The molecule has 0 spiro atoms. The summed E-state index contributed by atoms with van der Waals surface area (Å²) >= 11 is 0. The van der Waals surface area contributed by atoms with Gasteiger partial charge in [0, 0.05) is 24.1 Å². The molecule has 1 amide bonds. The molecule has 0 radical (unpaired) electrons. The summed E-state index contributed by atoms with van der Waals surface area (Å²) in [4.78, 5) is 26.5. The summed E-state index contributed by atoms with van der Waals surface area (Å²) < 4.78 is 0. The third-order valence-electron chi connectivity index (χ3n) is 2.16. The molecule has 0 saturated heterocycles. The van der Waals surface area contributed by atoms with Crippen LogP contribution in [0.25, 0.3) is 10.4 Å². The topological polar surface area (TPSA) is 137 Å². The van der Waals surface area contributed by atoms with Gasteiger partial charge in [0.05, 0.1) is 11.1 Å². The van der Waals surface area contributed by atoms with Crippen molar-refractivity contribution >= 4 is 11.6 Å². The Labute approximate surface area is 102 Å². The number of nitrogens with one attached hydrogen (secondary N) is 2. The van der Waals surface area contributed by atoms with E-state index >= 15 is 0 Å². The first-order valence-corrected chi connectivity index (χ1v) is 5.27. The molecule has 0 aliphatic rings. The Bertz CT molecular complexity index is 476. The van der Waals surface area contributed by atoms with Crippen LogP contribution in [-0.2, 0) is 0 Å². The summed E-state index contributed by atoms with van der Waals surface area (Å²) in [6.45, 7) is 0.812. The minimum Gasteiger partial charge on any atom is -0.351 e. The van der Waals surface area contributed by atoms with Crippen LogP contribution in [0.2, 0.25) is 0 Å². The lowest BCUT2D eigenvalue weighted by Gasteiger charge is -2.01. The molecule has 0 fully saturated rings. The van der Waals surface area contributed by atoms with Gasteiger partial charge in [0.15, 0.2) is 0 Å². The highest BCUT2D eigenvalue weighted by Crippen LogP contribution is 2.11. The molecule has 1 aromatic rings. The average molecular weight is 252 g/mol. The zero-order valence-corrected chi connectivity index (χ0v) is 9.50. The number of rotatable bonds is 7. The van der Waals surface area contributed by atoms with Gasteiger partial charge >= 0.3 is 0 Å². The second-order valence-electron chi connectivity index (χ2n) is 3.45. The lowest BCUT2D eigenvalue weighted by molar-refractivity contribution is -0.384. The lowest BCUT2D eigenvalue weighted by atomic mass is 10.3. The van der Waals surface area contributed by atoms with Crippen LogP contribution < -0.4 is 5.32 Å². The predicted molar refractivity (Wildman–Crippen MR) is 63.0 cm³/mol. The van der Waals surface area contributed by atoms with Gasteiger partial charge < -0.3 is 10.3 Å². The fourth-order valence-corrected chi connectivity index (χ4v) is 1.27. The van der Waals surface area contributed by atoms with Gasteiger partial charge in [-0.1, -0.05) is 5.11 Å². The lowest BCUT2D eigenvalue weighted by Crippen LogP contribution is -2.24. The number of carbonyl (C=O) groups excluding carboxylic acids is 1. The van der Waals surface area contributed by atoms with Gasteiger partial charge in [-0.15, -0.1) is 0 Å². The van der Waals surface area contributed by atoms with Crippen molar-refractivity contribution in [3.8, 4) is 0 Å².